The van der Waals surface area contributed by atoms with Crippen LogP contribution >= 0.6 is 0 Å². The second-order valence-corrected chi connectivity index (χ2v) is 4.23. The predicted octanol–water partition coefficient (Wildman–Crippen LogP) is 3.76. The van der Waals surface area contributed by atoms with E-state index in [1.54, 1.807) is 13.0 Å². The lowest BCUT2D eigenvalue weighted by molar-refractivity contribution is 0.625. The summed E-state index contributed by atoms with van der Waals surface area (Å²) in [4.78, 5) is 0. The van der Waals surface area contributed by atoms with E-state index in [9.17, 15) is 8.78 Å². The molecule has 0 aliphatic heterocycles. The SMILES string of the molecule is Cc1cc(F)ccc1NCc1cc(F)ccc1C#N. The fourth-order valence-electron chi connectivity index (χ4n) is 1.83. The van der Waals surface area contributed by atoms with E-state index in [1.165, 1.54) is 30.3 Å². The molecule has 2 aromatic carbocycles. The third kappa shape index (κ3) is 3.08. The molecule has 0 atom stereocenters. The van der Waals surface area contributed by atoms with Gasteiger partial charge in [0.15, 0.2) is 0 Å². The fourth-order valence-corrected chi connectivity index (χ4v) is 1.83. The summed E-state index contributed by atoms with van der Waals surface area (Å²) in [7, 11) is 0. The van der Waals surface area contributed by atoms with E-state index in [4.69, 9.17) is 5.26 Å². The van der Waals surface area contributed by atoms with Gasteiger partial charge in [-0.25, -0.2) is 8.78 Å². The molecule has 0 radical (unpaired) electrons. The molecule has 0 saturated heterocycles. The van der Waals surface area contributed by atoms with Crippen LogP contribution in [0.3, 0.4) is 0 Å². The van der Waals surface area contributed by atoms with E-state index < -0.39 is 0 Å². The zero-order valence-corrected chi connectivity index (χ0v) is 10.4. The minimum atomic E-state index is -0.383. The van der Waals surface area contributed by atoms with Gasteiger partial charge in [0, 0.05) is 12.2 Å². The summed E-state index contributed by atoms with van der Waals surface area (Å²) >= 11 is 0. The van der Waals surface area contributed by atoms with Gasteiger partial charge in [0.1, 0.15) is 11.6 Å². The van der Waals surface area contributed by atoms with Crippen molar-refractivity contribution < 1.29 is 8.78 Å². The van der Waals surface area contributed by atoms with Crippen LogP contribution in [0.25, 0.3) is 0 Å². The first-order valence-electron chi connectivity index (χ1n) is 5.78. The molecule has 2 aromatic rings. The molecule has 96 valence electrons. The maximum absolute atomic E-state index is 13.2. The van der Waals surface area contributed by atoms with Crippen molar-refractivity contribution in [2.45, 2.75) is 13.5 Å². The second-order valence-electron chi connectivity index (χ2n) is 4.23. The topological polar surface area (TPSA) is 35.8 Å². The van der Waals surface area contributed by atoms with Crippen molar-refractivity contribution in [1.29, 1.82) is 5.26 Å². The summed E-state index contributed by atoms with van der Waals surface area (Å²) < 4.78 is 26.1. The Labute approximate surface area is 110 Å². The molecule has 4 heteroatoms. The van der Waals surface area contributed by atoms with Crippen molar-refractivity contribution in [1.82, 2.24) is 0 Å². The molecule has 0 aliphatic rings. The summed E-state index contributed by atoms with van der Waals surface area (Å²) in [6, 6.07) is 10.4. The van der Waals surface area contributed by atoms with Gasteiger partial charge in [-0.05, 0) is 54.4 Å². The molecule has 0 spiro atoms. The molecule has 0 heterocycles. The Hall–Kier alpha value is -2.41. The fraction of sp³-hybridized carbons (Fsp3) is 0.133. The standard InChI is InChI=1S/C15H12F2N2/c1-10-6-13(16)4-5-15(10)19-9-12-7-14(17)3-2-11(12)8-18/h2-7,19H,9H2,1H3. The Morgan fingerprint density at radius 3 is 2.47 bits per heavy atom. The van der Waals surface area contributed by atoms with Gasteiger partial charge in [-0.2, -0.15) is 5.26 Å². The third-order valence-corrected chi connectivity index (χ3v) is 2.85. The minimum absolute atomic E-state index is 0.300. The van der Waals surface area contributed by atoms with E-state index in [0.717, 1.165) is 11.3 Å². The second kappa shape index (κ2) is 5.49. The van der Waals surface area contributed by atoms with Gasteiger partial charge in [0.05, 0.1) is 11.6 Å². The molecule has 0 unspecified atom stereocenters. The molecule has 0 saturated carbocycles. The van der Waals surface area contributed by atoms with Crippen molar-refractivity contribution in [2.24, 2.45) is 0 Å². The zero-order chi connectivity index (χ0) is 13.8. The molecular formula is C15H12F2N2. The molecule has 0 aromatic heterocycles. The van der Waals surface area contributed by atoms with E-state index >= 15 is 0 Å². The summed E-state index contributed by atoms with van der Waals surface area (Å²) in [6.07, 6.45) is 0. The van der Waals surface area contributed by atoms with Crippen LogP contribution in [0, 0.1) is 29.9 Å². The average molecular weight is 258 g/mol. The molecule has 2 rings (SSSR count). The third-order valence-electron chi connectivity index (χ3n) is 2.85. The lowest BCUT2D eigenvalue weighted by Gasteiger charge is -2.10. The van der Waals surface area contributed by atoms with Crippen molar-refractivity contribution in [3.63, 3.8) is 0 Å². The number of benzene rings is 2. The molecule has 0 aliphatic carbocycles. The molecular weight excluding hydrogens is 246 g/mol. The molecule has 19 heavy (non-hydrogen) atoms. The zero-order valence-electron chi connectivity index (χ0n) is 10.4. The highest BCUT2D eigenvalue weighted by atomic mass is 19.1. The highest BCUT2D eigenvalue weighted by Crippen LogP contribution is 2.18. The van der Waals surface area contributed by atoms with E-state index in [0.29, 0.717) is 17.7 Å². The van der Waals surface area contributed by atoms with Crippen LogP contribution < -0.4 is 5.32 Å². The van der Waals surface area contributed by atoms with Gasteiger partial charge in [-0.1, -0.05) is 0 Å². The summed E-state index contributed by atoms with van der Waals surface area (Å²) in [5.41, 5.74) is 2.52. The molecule has 0 bridgehead atoms. The van der Waals surface area contributed by atoms with E-state index in [2.05, 4.69) is 5.32 Å². The Bertz CT molecular complexity index is 645. The van der Waals surface area contributed by atoms with Crippen LogP contribution in [0.5, 0.6) is 0 Å². The number of nitriles is 1. The highest BCUT2D eigenvalue weighted by Gasteiger charge is 2.05. The Balaban J connectivity index is 2.19. The molecule has 0 fully saturated rings. The number of nitrogens with one attached hydrogen (secondary N) is 1. The number of rotatable bonds is 3. The Kier molecular flexibility index (Phi) is 3.76. The van der Waals surface area contributed by atoms with Crippen molar-refractivity contribution in [2.75, 3.05) is 5.32 Å². The largest absolute Gasteiger partial charge is 0.381 e. The minimum Gasteiger partial charge on any atom is -0.381 e. The normalized spacial score (nSPS) is 10.0. The van der Waals surface area contributed by atoms with Gasteiger partial charge >= 0.3 is 0 Å². The first-order valence-corrected chi connectivity index (χ1v) is 5.78. The molecule has 1 N–H and O–H groups in total. The Morgan fingerprint density at radius 2 is 1.79 bits per heavy atom. The first-order chi connectivity index (χ1) is 9.10. The van der Waals surface area contributed by atoms with Crippen LogP contribution in [0.2, 0.25) is 0 Å². The molecule has 2 nitrogen and oxygen atoms in total. The summed E-state index contributed by atoms with van der Waals surface area (Å²) in [6.45, 7) is 2.09. The number of halogens is 2. The van der Waals surface area contributed by atoms with Gasteiger partial charge < -0.3 is 5.32 Å². The summed E-state index contributed by atoms with van der Waals surface area (Å²) in [5, 5.41) is 12.0. The smallest absolute Gasteiger partial charge is 0.123 e. The van der Waals surface area contributed by atoms with Gasteiger partial charge in [0.25, 0.3) is 0 Å². The van der Waals surface area contributed by atoms with Crippen molar-refractivity contribution >= 4 is 5.69 Å². The number of nitrogens with zero attached hydrogens (tertiary/aromatic N) is 1. The van der Waals surface area contributed by atoms with Crippen molar-refractivity contribution in [3.05, 3.63) is 64.7 Å². The number of hydrogen-bond acceptors (Lipinski definition) is 2. The van der Waals surface area contributed by atoms with E-state index in [-0.39, 0.29) is 11.6 Å². The van der Waals surface area contributed by atoms with Crippen LogP contribution in [-0.4, -0.2) is 0 Å². The first kappa shape index (κ1) is 13.0. The highest BCUT2D eigenvalue weighted by molar-refractivity contribution is 5.51. The van der Waals surface area contributed by atoms with Crippen LogP contribution in [0.4, 0.5) is 14.5 Å². The number of anilines is 1. The van der Waals surface area contributed by atoms with Crippen LogP contribution in [-0.2, 0) is 6.54 Å². The average Bonchev–Trinajstić information content (AvgIpc) is 2.38. The van der Waals surface area contributed by atoms with E-state index in [1.807, 2.05) is 6.07 Å². The van der Waals surface area contributed by atoms with Crippen molar-refractivity contribution in [3.8, 4) is 6.07 Å². The maximum atomic E-state index is 13.2. The monoisotopic (exact) mass is 258 g/mol. The van der Waals surface area contributed by atoms with Crippen LogP contribution in [0.15, 0.2) is 36.4 Å². The Morgan fingerprint density at radius 1 is 1.11 bits per heavy atom. The van der Waals surface area contributed by atoms with Gasteiger partial charge in [0.2, 0.25) is 0 Å². The quantitative estimate of drug-likeness (QED) is 0.909. The number of hydrogen-bond donors (Lipinski definition) is 1. The lowest BCUT2D eigenvalue weighted by atomic mass is 10.1. The predicted molar refractivity (Wildman–Crippen MR) is 69.6 cm³/mol. The lowest BCUT2D eigenvalue weighted by Crippen LogP contribution is -2.03. The number of aryl methyl sites for hydroxylation is 1. The maximum Gasteiger partial charge on any atom is 0.123 e. The van der Waals surface area contributed by atoms with Gasteiger partial charge in [-0.15, -0.1) is 0 Å². The summed E-state index contributed by atoms with van der Waals surface area (Å²) in [5.74, 6) is -0.682. The van der Waals surface area contributed by atoms with Crippen LogP contribution in [0.1, 0.15) is 16.7 Å². The molecule has 0 amide bonds. The van der Waals surface area contributed by atoms with Gasteiger partial charge in [-0.3, -0.25) is 0 Å².